The van der Waals surface area contributed by atoms with Crippen molar-refractivity contribution in [1.82, 2.24) is 15.5 Å². The summed E-state index contributed by atoms with van der Waals surface area (Å²) in [5, 5.41) is 6.36. The molecule has 0 bridgehead atoms. The molecule has 3 aromatic carbocycles. The van der Waals surface area contributed by atoms with Crippen LogP contribution in [0.1, 0.15) is 32.8 Å². The number of rotatable bonds is 10. The number of ether oxygens (including phenoxy) is 2. The Balaban J connectivity index is 1.47. The van der Waals surface area contributed by atoms with Crippen LogP contribution in [0, 0.1) is 0 Å². The van der Waals surface area contributed by atoms with Gasteiger partial charge in [0.2, 0.25) is 11.8 Å². The van der Waals surface area contributed by atoms with Gasteiger partial charge in [-0.2, -0.15) is 0 Å². The van der Waals surface area contributed by atoms with Crippen LogP contribution in [0.4, 0.5) is 10.5 Å². The van der Waals surface area contributed by atoms with E-state index >= 15 is 0 Å². The number of carbonyl (C=O) groups is 3. The summed E-state index contributed by atoms with van der Waals surface area (Å²) < 4.78 is 11.5. The second-order valence-electron chi connectivity index (χ2n) is 11.1. The molecule has 2 N–H and O–H groups in total. The van der Waals surface area contributed by atoms with E-state index in [9.17, 15) is 14.4 Å². The van der Waals surface area contributed by atoms with Crippen LogP contribution in [0.5, 0.6) is 11.5 Å². The van der Waals surface area contributed by atoms with E-state index in [2.05, 4.69) is 10.6 Å². The summed E-state index contributed by atoms with van der Waals surface area (Å²) in [7, 11) is 0. The number of carbonyl (C=O) groups excluding carboxylic acids is 3. The Hall–Kier alpha value is -4.24. The smallest absolute Gasteiger partial charge is 0.407 e. The van der Waals surface area contributed by atoms with Gasteiger partial charge in [-0.25, -0.2) is 4.79 Å². The highest BCUT2D eigenvalue weighted by Gasteiger charge is 2.30. The van der Waals surface area contributed by atoms with Gasteiger partial charge in [0.25, 0.3) is 0 Å². The van der Waals surface area contributed by atoms with Gasteiger partial charge in [-0.15, -0.1) is 0 Å². The van der Waals surface area contributed by atoms with Crippen molar-refractivity contribution in [2.75, 3.05) is 31.1 Å². The molecular weight excluding hydrogens is 556 g/mol. The fraction of sp³-hybridized carbons (Fsp3) is 0.344. The van der Waals surface area contributed by atoms with Gasteiger partial charge in [0.1, 0.15) is 11.4 Å². The van der Waals surface area contributed by atoms with Crippen molar-refractivity contribution in [2.24, 2.45) is 0 Å². The van der Waals surface area contributed by atoms with Crippen molar-refractivity contribution >= 4 is 35.2 Å². The summed E-state index contributed by atoms with van der Waals surface area (Å²) in [6.45, 7) is 6.41. The molecule has 4 rings (SSSR count). The number of anilines is 1. The van der Waals surface area contributed by atoms with E-state index in [4.69, 9.17) is 21.1 Å². The molecule has 0 saturated carbocycles. The van der Waals surface area contributed by atoms with Crippen LogP contribution in [0.15, 0.2) is 78.9 Å². The maximum atomic E-state index is 13.5. The van der Waals surface area contributed by atoms with Gasteiger partial charge in [-0.05, 0) is 69.2 Å². The molecule has 1 atom stereocenters. The second-order valence-corrected chi connectivity index (χ2v) is 11.6. The number of para-hydroxylation sites is 3. The molecule has 1 saturated heterocycles. The first-order chi connectivity index (χ1) is 20.1. The molecule has 0 aromatic heterocycles. The van der Waals surface area contributed by atoms with Crippen molar-refractivity contribution < 1.29 is 23.9 Å². The summed E-state index contributed by atoms with van der Waals surface area (Å²) in [5.74, 6) is 0.728. The van der Waals surface area contributed by atoms with Gasteiger partial charge >= 0.3 is 6.09 Å². The van der Waals surface area contributed by atoms with Crippen molar-refractivity contribution in [3.8, 4) is 11.5 Å². The quantitative estimate of drug-likeness (QED) is 0.328. The summed E-state index contributed by atoms with van der Waals surface area (Å²) >= 11 is 6.09. The highest BCUT2D eigenvalue weighted by Crippen LogP contribution is 2.32. The third kappa shape index (κ3) is 9.41. The average molecular weight is 593 g/mol. The molecule has 42 heavy (non-hydrogen) atoms. The van der Waals surface area contributed by atoms with Crippen LogP contribution >= 0.6 is 11.6 Å². The number of benzene rings is 3. The maximum absolute atomic E-state index is 13.5. The zero-order chi connectivity index (χ0) is 30.1. The number of hydrogen-bond acceptors (Lipinski definition) is 6. The molecule has 1 aliphatic rings. The van der Waals surface area contributed by atoms with Gasteiger partial charge in [-0.3, -0.25) is 9.59 Å². The van der Waals surface area contributed by atoms with Crippen LogP contribution in [0.25, 0.3) is 0 Å². The van der Waals surface area contributed by atoms with Gasteiger partial charge < -0.3 is 29.9 Å². The predicted octanol–water partition coefficient (Wildman–Crippen LogP) is 5.38. The van der Waals surface area contributed by atoms with Crippen molar-refractivity contribution in [1.29, 1.82) is 0 Å². The minimum absolute atomic E-state index is 0.0566. The van der Waals surface area contributed by atoms with E-state index in [0.717, 1.165) is 5.56 Å². The topological polar surface area (TPSA) is 100 Å². The standard InChI is InChI=1S/C32H37ClN4O5/c1-32(2,3)42-31(40)35-25-16-17-36(20-25)30(39)22-37(21-29(38)34-19-23-10-9-11-24(33)18-23)27-14-7-8-15-28(27)41-26-12-5-4-6-13-26/h4-15,18,25H,16-17,19-22H2,1-3H3,(H,34,38)(H,35,40). The minimum Gasteiger partial charge on any atom is -0.455 e. The predicted molar refractivity (Wildman–Crippen MR) is 163 cm³/mol. The van der Waals surface area contributed by atoms with E-state index in [0.29, 0.717) is 48.3 Å². The number of alkyl carbamates (subject to hydrolysis) is 1. The van der Waals surface area contributed by atoms with Crippen molar-refractivity contribution in [2.45, 2.75) is 45.4 Å². The van der Waals surface area contributed by atoms with Crippen LogP contribution in [0.3, 0.4) is 0 Å². The Morgan fingerprint density at radius 3 is 2.45 bits per heavy atom. The van der Waals surface area contributed by atoms with Crippen LogP contribution in [-0.4, -0.2) is 60.6 Å². The molecule has 0 aliphatic carbocycles. The molecule has 3 aromatic rings. The first-order valence-electron chi connectivity index (χ1n) is 13.9. The van der Waals surface area contributed by atoms with Gasteiger partial charge in [-0.1, -0.05) is 54.1 Å². The highest BCUT2D eigenvalue weighted by molar-refractivity contribution is 6.30. The number of likely N-dealkylation sites (tertiary alicyclic amines) is 1. The molecule has 1 aliphatic heterocycles. The molecule has 1 fully saturated rings. The molecule has 0 spiro atoms. The molecule has 0 radical (unpaired) electrons. The van der Waals surface area contributed by atoms with E-state index in [1.165, 1.54) is 0 Å². The molecule has 222 valence electrons. The van der Waals surface area contributed by atoms with Crippen molar-refractivity contribution in [3.05, 3.63) is 89.4 Å². The fourth-order valence-corrected chi connectivity index (χ4v) is 4.78. The van der Waals surface area contributed by atoms with Gasteiger partial charge in [0.05, 0.1) is 24.8 Å². The van der Waals surface area contributed by atoms with Crippen molar-refractivity contribution in [3.63, 3.8) is 0 Å². The number of nitrogens with one attached hydrogen (secondary N) is 2. The van der Waals surface area contributed by atoms with E-state index in [-0.39, 0.29) is 30.9 Å². The third-order valence-corrected chi connectivity index (χ3v) is 6.71. The zero-order valence-electron chi connectivity index (χ0n) is 24.1. The molecule has 3 amide bonds. The maximum Gasteiger partial charge on any atom is 0.407 e. The van der Waals surface area contributed by atoms with Crippen LogP contribution in [0.2, 0.25) is 5.02 Å². The SMILES string of the molecule is CC(C)(C)OC(=O)NC1CCN(C(=O)CN(CC(=O)NCc2cccc(Cl)c2)c2ccccc2Oc2ccccc2)C1. The molecule has 10 heteroatoms. The minimum atomic E-state index is -0.610. The lowest BCUT2D eigenvalue weighted by Crippen LogP contribution is -2.45. The normalized spacial score (nSPS) is 14.7. The van der Waals surface area contributed by atoms with E-state index < -0.39 is 11.7 Å². The lowest BCUT2D eigenvalue weighted by Gasteiger charge is -2.28. The Morgan fingerprint density at radius 2 is 1.71 bits per heavy atom. The first kappa shape index (κ1) is 30.7. The molecule has 9 nitrogen and oxygen atoms in total. The zero-order valence-corrected chi connectivity index (χ0v) is 24.9. The largest absolute Gasteiger partial charge is 0.455 e. The summed E-state index contributed by atoms with van der Waals surface area (Å²) in [4.78, 5) is 42.3. The summed E-state index contributed by atoms with van der Waals surface area (Å²) in [5.41, 5.74) is 0.864. The lowest BCUT2D eigenvalue weighted by molar-refractivity contribution is -0.128. The molecule has 1 heterocycles. The first-order valence-corrected chi connectivity index (χ1v) is 14.3. The Labute approximate surface area is 251 Å². The van der Waals surface area contributed by atoms with Gasteiger partial charge in [0, 0.05) is 24.7 Å². The van der Waals surface area contributed by atoms with E-state index in [1.807, 2.05) is 60.7 Å². The molecule has 1 unspecified atom stereocenters. The Kier molecular flexibility index (Phi) is 10.3. The summed E-state index contributed by atoms with van der Waals surface area (Å²) in [6, 6.07) is 23.7. The third-order valence-electron chi connectivity index (χ3n) is 6.48. The van der Waals surface area contributed by atoms with E-state index in [1.54, 1.807) is 48.8 Å². The number of hydrogen-bond donors (Lipinski definition) is 2. The van der Waals surface area contributed by atoms with Gasteiger partial charge in [0.15, 0.2) is 5.75 Å². The highest BCUT2D eigenvalue weighted by atomic mass is 35.5. The summed E-state index contributed by atoms with van der Waals surface area (Å²) in [6.07, 6.45) is 0.102. The average Bonchev–Trinajstić information content (AvgIpc) is 3.40. The van der Waals surface area contributed by atoms with Crippen LogP contribution in [-0.2, 0) is 20.9 Å². The monoisotopic (exact) mass is 592 g/mol. The number of halogens is 1. The number of nitrogens with zero attached hydrogens (tertiary/aromatic N) is 2. The second kappa shape index (κ2) is 14.1. The number of amides is 3. The lowest BCUT2D eigenvalue weighted by atomic mass is 10.2. The molecular formula is C32H37ClN4O5. The Morgan fingerprint density at radius 1 is 0.976 bits per heavy atom. The van der Waals surface area contributed by atoms with Crippen LogP contribution < -0.4 is 20.3 Å². The Bertz CT molecular complexity index is 1380. The fourth-order valence-electron chi connectivity index (χ4n) is 4.57.